The number of hydrogen-bond acceptors (Lipinski definition) is 5. The molecule has 18 heavy (non-hydrogen) atoms. The molecule has 0 bridgehead atoms. The predicted molar refractivity (Wildman–Crippen MR) is 64.5 cm³/mol. The van der Waals surface area contributed by atoms with Gasteiger partial charge in [-0.3, -0.25) is 9.59 Å². The Labute approximate surface area is 106 Å². The normalized spacial score (nSPS) is 9.89. The number of carbonyl (C=O) groups excluding carboxylic acids is 2. The molecule has 0 saturated carbocycles. The van der Waals surface area contributed by atoms with Gasteiger partial charge in [0.2, 0.25) is 0 Å². The molecule has 0 aliphatic heterocycles. The molecular weight excluding hydrogens is 236 g/mol. The van der Waals surface area contributed by atoms with E-state index in [1.54, 1.807) is 31.2 Å². The van der Waals surface area contributed by atoms with Gasteiger partial charge in [-0.05, 0) is 31.2 Å². The molecule has 0 atom stereocenters. The largest absolute Gasteiger partial charge is 0.468 e. The highest BCUT2D eigenvalue weighted by molar-refractivity contribution is 6.05. The number of Topliss-reactive ketones (excluding diaryl/α,β-unsaturated/α-hetero) is 1. The van der Waals surface area contributed by atoms with Gasteiger partial charge in [0.15, 0.2) is 12.6 Å². The third-order valence-corrected chi connectivity index (χ3v) is 2.13. The summed E-state index contributed by atoms with van der Waals surface area (Å²) in [6.45, 7) is 2.12. The summed E-state index contributed by atoms with van der Waals surface area (Å²) in [6, 6.07) is 6.51. The van der Waals surface area contributed by atoms with Crippen molar-refractivity contribution in [2.45, 2.75) is 13.3 Å². The van der Waals surface area contributed by atoms with Crippen LogP contribution < -0.4 is 4.74 Å². The van der Waals surface area contributed by atoms with E-state index in [-0.39, 0.29) is 25.6 Å². The predicted octanol–water partition coefficient (Wildman–Crippen LogP) is 1.81. The number of esters is 1. The van der Waals surface area contributed by atoms with Crippen LogP contribution in [0.5, 0.6) is 5.75 Å². The monoisotopic (exact) mass is 252 g/mol. The lowest BCUT2D eigenvalue weighted by molar-refractivity contribution is -0.141. The first kappa shape index (κ1) is 14.2. The molecule has 0 aromatic heterocycles. The average Bonchev–Trinajstić information content (AvgIpc) is 2.37. The zero-order chi connectivity index (χ0) is 13.4. The molecule has 5 heteroatoms. The number of rotatable bonds is 7. The molecule has 0 saturated heterocycles. The SMILES string of the molecule is CCOC(=O)CC(=O)c1ccc(OCOC)cc1. The highest BCUT2D eigenvalue weighted by atomic mass is 16.7. The molecule has 0 N–H and O–H groups in total. The van der Waals surface area contributed by atoms with E-state index in [2.05, 4.69) is 0 Å². The van der Waals surface area contributed by atoms with Gasteiger partial charge in [0, 0.05) is 12.7 Å². The number of carbonyl (C=O) groups is 2. The lowest BCUT2D eigenvalue weighted by atomic mass is 10.1. The Morgan fingerprint density at radius 3 is 2.39 bits per heavy atom. The van der Waals surface area contributed by atoms with Gasteiger partial charge in [-0.15, -0.1) is 0 Å². The fourth-order valence-corrected chi connectivity index (χ4v) is 1.31. The molecule has 0 unspecified atom stereocenters. The fourth-order valence-electron chi connectivity index (χ4n) is 1.31. The number of ketones is 1. The minimum Gasteiger partial charge on any atom is -0.468 e. The summed E-state index contributed by atoms with van der Waals surface area (Å²) < 4.78 is 14.6. The standard InChI is InChI=1S/C13H16O5/c1-3-17-13(15)8-12(14)10-4-6-11(7-5-10)18-9-16-2/h4-7H,3,8-9H2,1-2H3. The zero-order valence-corrected chi connectivity index (χ0v) is 10.5. The van der Waals surface area contributed by atoms with Crippen molar-refractivity contribution in [2.24, 2.45) is 0 Å². The van der Waals surface area contributed by atoms with E-state index in [4.69, 9.17) is 14.2 Å². The van der Waals surface area contributed by atoms with Crippen LogP contribution in [0.25, 0.3) is 0 Å². The summed E-state index contributed by atoms with van der Waals surface area (Å²) in [5.41, 5.74) is 0.452. The molecule has 5 nitrogen and oxygen atoms in total. The Morgan fingerprint density at radius 1 is 1.17 bits per heavy atom. The molecule has 0 fully saturated rings. The van der Waals surface area contributed by atoms with Crippen molar-refractivity contribution in [3.8, 4) is 5.75 Å². The summed E-state index contributed by atoms with van der Waals surface area (Å²) in [5.74, 6) is -0.182. The summed E-state index contributed by atoms with van der Waals surface area (Å²) >= 11 is 0. The van der Waals surface area contributed by atoms with E-state index in [1.807, 2.05) is 0 Å². The highest BCUT2D eigenvalue weighted by Crippen LogP contribution is 2.13. The van der Waals surface area contributed by atoms with Crippen molar-refractivity contribution in [3.63, 3.8) is 0 Å². The average molecular weight is 252 g/mol. The number of ether oxygens (including phenoxy) is 3. The minimum atomic E-state index is -0.512. The Bertz CT molecular complexity index is 396. The third kappa shape index (κ3) is 4.55. The van der Waals surface area contributed by atoms with Crippen LogP contribution in [0.1, 0.15) is 23.7 Å². The minimum absolute atomic E-state index is 0.149. The van der Waals surface area contributed by atoms with E-state index >= 15 is 0 Å². The van der Waals surface area contributed by atoms with Crippen LogP contribution in [0, 0.1) is 0 Å². The second kappa shape index (κ2) is 7.45. The number of benzene rings is 1. The van der Waals surface area contributed by atoms with Crippen LogP contribution in [0.15, 0.2) is 24.3 Å². The van der Waals surface area contributed by atoms with Crippen molar-refractivity contribution in [1.29, 1.82) is 0 Å². The molecule has 0 heterocycles. The van der Waals surface area contributed by atoms with Crippen molar-refractivity contribution >= 4 is 11.8 Å². The lowest BCUT2D eigenvalue weighted by Crippen LogP contribution is -2.11. The van der Waals surface area contributed by atoms with E-state index < -0.39 is 5.97 Å². The number of hydrogen-bond donors (Lipinski definition) is 0. The van der Waals surface area contributed by atoms with E-state index in [1.165, 1.54) is 7.11 Å². The molecule has 1 aromatic carbocycles. The smallest absolute Gasteiger partial charge is 0.313 e. The van der Waals surface area contributed by atoms with Gasteiger partial charge in [0.05, 0.1) is 6.61 Å². The van der Waals surface area contributed by atoms with Gasteiger partial charge in [0.25, 0.3) is 0 Å². The van der Waals surface area contributed by atoms with Gasteiger partial charge in [-0.1, -0.05) is 0 Å². The van der Waals surface area contributed by atoms with Crippen LogP contribution >= 0.6 is 0 Å². The van der Waals surface area contributed by atoms with Gasteiger partial charge in [-0.2, -0.15) is 0 Å². The quantitative estimate of drug-likeness (QED) is 0.320. The molecular formula is C13H16O5. The molecule has 0 aliphatic rings. The van der Waals surface area contributed by atoms with Gasteiger partial charge < -0.3 is 14.2 Å². The van der Waals surface area contributed by atoms with E-state index in [9.17, 15) is 9.59 Å². The lowest BCUT2D eigenvalue weighted by Gasteiger charge is -2.05. The fraction of sp³-hybridized carbons (Fsp3) is 0.385. The molecule has 98 valence electrons. The van der Waals surface area contributed by atoms with Crippen molar-refractivity contribution in [2.75, 3.05) is 20.5 Å². The summed E-state index contributed by atoms with van der Waals surface area (Å²) in [5, 5.41) is 0. The van der Waals surface area contributed by atoms with Crippen LogP contribution in [0.4, 0.5) is 0 Å². The number of methoxy groups -OCH3 is 1. The van der Waals surface area contributed by atoms with Crippen LogP contribution in [0.2, 0.25) is 0 Å². The summed E-state index contributed by atoms with van der Waals surface area (Å²) in [6.07, 6.45) is -0.244. The summed E-state index contributed by atoms with van der Waals surface area (Å²) in [4.78, 5) is 22.8. The molecule has 1 rings (SSSR count). The Hall–Kier alpha value is -1.88. The third-order valence-electron chi connectivity index (χ3n) is 2.13. The Balaban J connectivity index is 2.56. The maximum Gasteiger partial charge on any atom is 0.313 e. The highest BCUT2D eigenvalue weighted by Gasteiger charge is 2.12. The first-order valence-corrected chi connectivity index (χ1v) is 5.58. The second-order valence-electron chi connectivity index (χ2n) is 3.48. The van der Waals surface area contributed by atoms with E-state index in [0.29, 0.717) is 11.3 Å². The Kier molecular flexibility index (Phi) is 5.87. The molecule has 0 spiro atoms. The van der Waals surface area contributed by atoms with Crippen LogP contribution in [0.3, 0.4) is 0 Å². The van der Waals surface area contributed by atoms with E-state index in [0.717, 1.165) is 0 Å². The van der Waals surface area contributed by atoms with Gasteiger partial charge in [0.1, 0.15) is 12.2 Å². The first-order chi connectivity index (χ1) is 8.67. The van der Waals surface area contributed by atoms with Crippen LogP contribution in [-0.4, -0.2) is 32.3 Å². The molecule has 0 radical (unpaired) electrons. The van der Waals surface area contributed by atoms with Crippen LogP contribution in [-0.2, 0) is 14.3 Å². The van der Waals surface area contributed by atoms with Crippen molar-refractivity contribution < 1.29 is 23.8 Å². The van der Waals surface area contributed by atoms with Crippen molar-refractivity contribution in [3.05, 3.63) is 29.8 Å². The maximum absolute atomic E-state index is 11.7. The summed E-state index contributed by atoms with van der Waals surface area (Å²) in [7, 11) is 1.53. The maximum atomic E-state index is 11.7. The Morgan fingerprint density at radius 2 is 1.83 bits per heavy atom. The zero-order valence-electron chi connectivity index (χ0n) is 10.5. The molecule has 0 amide bonds. The molecule has 1 aromatic rings. The topological polar surface area (TPSA) is 61.8 Å². The van der Waals surface area contributed by atoms with Gasteiger partial charge in [-0.25, -0.2) is 0 Å². The first-order valence-electron chi connectivity index (χ1n) is 5.58. The second-order valence-corrected chi connectivity index (χ2v) is 3.48. The molecule has 0 aliphatic carbocycles. The van der Waals surface area contributed by atoms with Gasteiger partial charge >= 0.3 is 5.97 Å². The van der Waals surface area contributed by atoms with Crippen molar-refractivity contribution in [1.82, 2.24) is 0 Å².